The van der Waals surface area contributed by atoms with Crippen LogP contribution in [0, 0.1) is 6.92 Å². The zero-order valence-corrected chi connectivity index (χ0v) is 9.43. The predicted molar refractivity (Wildman–Crippen MR) is 60.2 cm³/mol. The molecule has 2 nitrogen and oxygen atoms in total. The molecule has 0 saturated heterocycles. The molecule has 1 aliphatic rings. The van der Waals surface area contributed by atoms with E-state index in [1.54, 1.807) is 0 Å². The molecule has 0 spiro atoms. The number of amidine groups is 1. The van der Waals surface area contributed by atoms with Crippen molar-refractivity contribution in [1.29, 1.82) is 0 Å². The summed E-state index contributed by atoms with van der Waals surface area (Å²) in [5.41, 5.74) is 0.930. The molecular formula is C12H13F3N2. The number of alkyl halides is 3. The topological polar surface area (TPSA) is 24.4 Å². The third kappa shape index (κ3) is 2.78. The molecule has 92 valence electrons. The van der Waals surface area contributed by atoms with Gasteiger partial charge in [0.1, 0.15) is 5.84 Å². The third-order valence-corrected chi connectivity index (χ3v) is 2.78. The van der Waals surface area contributed by atoms with Crippen LogP contribution in [0.1, 0.15) is 16.7 Å². The fourth-order valence-electron chi connectivity index (χ4n) is 1.78. The van der Waals surface area contributed by atoms with E-state index in [0.29, 0.717) is 18.5 Å². The second-order valence-corrected chi connectivity index (χ2v) is 4.07. The van der Waals surface area contributed by atoms with Crippen LogP contribution in [-0.2, 0) is 12.6 Å². The average Bonchev–Trinajstić information content (AvgIpc) is 2.72. The molecule has 0 saturated carbocycles. The Hall–Kier alpha value is -1.52. The summed E-state index contributed by atoms with van der Waals surface area (Å²) in [7, 11) is 0. The summed E-state index contributed by atoms with van der Waals surface area (Å²) < 4.78 is 37.7. The molecule has 0 atom stereocenters. The van der Waals surface area contributed by atoms with Crippen molar-refractivity contribution in [2.75, 3.05) is 13.1 Å². The summed E-state index contributed by atoms with van der Waals surface area (Å²) in [6, 6.07) is 3.83. The SMILES string of the molecule is Cc1ccc(C(F)(F)F)cc1CC1=NCCN1. The predicted octanol–water partition coefficient (Wildman–Crippen LogP) is 2.56. The van der Waals surface area contributed by atoms with E-state index in [-0.39, 0.29) is 0 Å². The second-order valence-electron chi connectivity index (χ2n) is 4.07. The Bertz CT molecular complexity index is 450. The molecule has 2 rings (SSSR count). The van der Waals surface area contributed by atoms with Crippen molar-refractivity contribution in [3.05, 3.63) is 34.9 Å². The van der Waals surface area contributed by atoms with Gasteiger partial charge >= 0.3 is 6.18 Å². The van der Waals surface area contributed by atoms with Crippen molar-refractivity contribution in [3.63, 3.8) is 0 Å². The highest BCUT2D eigenvalue weighted by atomic mass is 19.4. The molecule has 17 heavy (non-hydrogen) atoms. The maximum atomic E-state index is 12.6. The first kappa shape index (κ1) is 12.0. The lowest BCUT2D eigenvalue weighted by molar-refractivity contribution is -0.137. The number of nitrogens with zero attached hydrogens (tertiary/aromatic N) is 1. The van der Waals surface area contributed by atoms with Gasteiger partial charge in [-0.3, -0.25) is 4.99 Å². The third-order valence-electron chi connectivity index (χ3n) is 2.78. The summed E-state index contributed by atoms with van der Waals surface area (Å²) >= 11 is 0. The Kier molecular flexibility index (Phi) is 3.09. The molecular weight excluding hydrogens is 229 g/mol. The van der Waals surface area contributed by atoms with Gasteiger partial charge in [0.25, 0.3) is 0 Å². The Balaban J connectivity index is 2.26. The van der Waals surface area contributed by atoms with Gasteiger partial charge in [-0.1, -0.05) is 6.07 Å². The van der Waals surface area contributed by atoms with Gasteiger partial charge in [0, 0.05) is 13.0 Å². The molecule has 1 aliphatic heterocycles. The smallest absolute Gasteiger partial charge is 0.372 e. The molecule has 5 heteroatoms. The van der Waals surface area contributed by atoms with Gasteiger partial charge in [-0.2, -0.15) is 13.2 Å². The van der Waals surface area contributed by atoms with Gasteiger partial charge in [-0.25, -0.2) is 0 Å². The van der Waals surface area contributed by atoms with Crippen LogP contribution in [-0.4, -0.2) is 18.9 Å². The van der Waals surface area contributed by atoms with Crippen LogP contribution in [0.25, 0.3) is 0 Å². The largest absolute Gasteiger partial charge is 0.416 e. The molecule has 1 aromatic rings. The van der Waals surface area contributed by atoms with Gasteiger partial charge in [-0.05, 0) is 30.2 Å². The maximum absolute atomic E-state index is 12.6. The molecule has 0 radical (unpaired) electrons. The van der Waals surface area contributed by atoms with Crippen molar-refractivity contribution < 1.29 is 13.2 Å². The standard InChI is InChI=1S/C12H13F3N2/c1-8-2-3-10(12(13,14)15)6-9(8)7-11-16-4-5-17-11/h2-3,6H,4-5,7H2,1H3,(H,16,17). The van der Waals surface area contributed by atoms with E-state index < -0.39 is 11.7 Å². The van der Waals surface area contributed by atoms with Gasteiger partial charge in [0.05, 0.1) is 12.1 Å². The zero-order chi connectivity index (χ0) is 12.5. The number of aryl methyl sites for hydroxylation is 1. The lowest BCUT2D eigenvalue weighted by atomic mass is 10.0. The van der Waals surface area contributed by atoms with Crippen molar-refractivity contribution >= 4 is 5.84 Å². The van der Waals surface area contributed by atoms with Gasteiger partial charge in [0.2, 0.25) is 0 Å². The second kappa shape index (κ2) is 4.39. The molecule has 0 fully saturated rings. The summed E-state index contributed by atoms with van der Waals surface area (Å²) in [6.45, 7) is 3.28. The van der Waals surface area contributed by atoms with E-state index in [0.717, 1.165) is 24.0 Å². The number of hydrogen-bond donors (Lipinski definition) is 1. The van der Waals surface area contributed by atoms with Crippen LogP contribution >= 0.6 is 0 Å². The molecule has 0 unspecified atom stereocenters. The quantitative estimate of drug-likeness (QED) is 0.846. The molecule has 0 amide bonds. The van der Waals surface area contributed by atoms with Crippen molar-refractivity contribution in [2.45, 2.75) is 19.5 Å². The van der Waals surface area contributed by atoms with Crippen LogP contribution in [0.3, 0.4) is 0 Å². The molecule has 0 bridgehead atoms. The minimum atomic E-state index is -4.28. The molecule has 1 aromatic carbocycles. The first-order valence-electron chi connectivity index (χ1n) is 5.41. The summed E-state index contributed by atoms with van der Waals surface area (Å²) in [6.07, 6.45) is -3.84. The summed E-state index contributed by atoms with van der Waals surface area (Å²) in [5, 5.41) is 3.06. The number of benzene rings is 1. The monoisotopic (exact) mass is 242 g/mol. The van der Waals surface area contributed by atoms with Gasteiger partial charge < -0.3 is 5.32 Å². The van der Waals surface area contributed by atoms with E-state index in [1.165, 1.54) is 12.1 Å². The molecule has 1 N–H and O–H groups in total. The van der Waals surface area contributed by atoms with Crippen molar-refractivity contribution in [3.8, 4) is 0 Å². The summed E-state index contributed by atoms with van der Waals surface area (Å²) in [4.78, 5) is 4.19. The number of nitrogens with one attached hydrogen (secondary N) is 1. The normalized spacial score (nSPS) is 15.6. The minimum absolute atomic E-state index is 0.440. The van der Waals surface area contributed by atoms with Crippen LogP contribution in [0.5, 0.6) is 0 Å². The highest BCUT2D eigenvalue weighted by Crippen LogP contribution is 2.30. The fraction of sp³-hybridized carbons (Fsp3) is 0.417. The molecule has 0 aromatic heterocycles. The Morgan fingerprint density at radius 3 is 2.71 bits per heavy atom. The van der Waals surface area contributed by atoms with E-state index in [4.69, 9.17) is 0 Å². The average molecular weight is 242 g/mol. The lowest BCUT2D eigenvalue weighted by Gasteiger charge is -2.11. The maximum Gasteiger partial charge on any atom is 0.416 e. The highest BCUT2D eigenvalue weighted by Gasteiger charge is 2.30. The molecule has 0 aliphatic carbocycles. The van der Waals surface area contributed by atoms with Crippen LogP contribution < -0.4 is 5.32 Å². The number of aliphatic imine (C=N–C) groups is 1. The first-order chi connectivity index (χ1) is 7.97. The number of rotatable bonds is 2. The summed E-state index contributed by atoms with van der Waals surface area (Å²) in [5.74, 6) is 0.771. The van der Waals surface area contributed by atoms with Crippen LogP contribution in [0.4, 0.5) is 13.2 Å². The van der Waals surface area contributed by atoms with Gasteiger partial charge in [-0.15, -0.1) is 0 Å². The van der Waals surface area contributed by atoms with E-state index in [2.05, 4.69) is 10.3 Å². The van der Waals surface area contributed by atoms with Crippen molar-refractivity contribution in [2.24, 2.45) is 4.99 Å². The fourth-order valence-corrected chi connectivity index (χ4v) is 1.78. The minimum Gasteiger partial charge on any atom is -0.372 e. The number of halogens is 3. The first-order valence-corrected chi connectivity index (χ1v) is 5.41. The van der Waals surface area contributed by atoms with E-state index in [9.17, 15) is 13.2 Å². The Labute approximate surface area is 97.6 Å². The van der Waals surface area contributed by atoms with Crippen LogP contribution in [0.15, 0.2) is 23.2 Å². The van der Waals surface area contributed by atoms with Crippen LogP contribution in [0.2, 0.25) is 0 Å². The van der Waals surface area contributed by atoms with E-state index >= 15 is 0 Å². The molecule has 1 heterocycles. The zero-order valence-electron chi connectivity index (χ0n) is 9.43. The van der Waals surface area contributed by atoms with Gasteiger partial charge in [0.15, 0.2) is 0 Å². The highest BCUT2D eigenvalue weighted by molar-refractivity contribution is 5.86. The Morgan fingerprint density at radius 1 is 1.35 bits per heavy atom. The Morgan fingerprint density at radius 2 is 2.12 bits per heavy atom. The van der Waals surface area contributed by atoms with Crippen molar-refractivity contribution in [1.82, 2.24) is 5.32 Å². The number of hydrogen-bond acceptors (Lipinski definition) is 2. The lowest BCUT2D eigenvalue weighted by Crippen LogP contribution is -2.21. The van der Waals surface area contributed by atoms with E-state index in [1.807, 2.05) is 6.92 Å².